The summed E-state index contributed by atoms with van der Waals surface area (Å²) in [6.45, 7) is 0. The summed E-state index contributed by atoms with van der Waals surface area (Å²) in [5, 5.41) is 6.18. The minimum absolute atomic E-state index is 1.18. The lowest BCUT2D eigenvalue weighted by atomic mass is 10.1. The van der Waals surface area contributed by atoms with Crippen LogP contribution in [0.2, 0.25) is 0 Å². The van der Waals surface area contributed by atoms with Crippen molar-refractivity contribution in [3.63, 3.8) is 0 Å². The van der Waals surface area contributed by atoms with Gasteiger partial charge in [-0.3, -0.25) is 0 Å². The molecule has 5 aromatic rings. The van der Waals surface area contributed by atoms with E-state index in [-0.39, 0.29) is 0 Å². The topological polar surface area (TPSA) is 17.0 Å². The molecule has 2 nitrogen and oxygen atoms in total. The fourth-order valence-electron chi connectivity index (χ4n) is 3.96. The van der Waals surface area contributed by atoms with Gasteiger partial charge in [-0.05, 0) is 42.5 Å². The fraction of sp³-hybridized carbons (Fsp3) is 0. The number of rotatable bonds is 1. The van der Waals surface area contributed by atoms with Gasteiger partial charge in [-0.2, -0.15) is 0 Å². The molecule has 0 atom stereocenters. The van der Waals surface area contributed by atoms with Crippen LogP contribution < -0.4 is 5.32 Å². The summed E-state index contributed by atoms with van der Waals surface area (Å²) in [5.74, 6) is 0. The van der Waals surface area contributed by atoms with E-state index in [0.29, 0.717) is 0 Å². The maximum atomic E-state index is 3.62. The summed E-state index contributed by atoms with van der Waals surface area (Å²) in [6.07, 6.45) is 0. The van der Waals surface area contributed by atoms with Crippen LogP contribution in [-0.4, -0.2) is 4.57 Å². The lowest BCUT2D eigenvalue weighted by Gasteiger charge is -2.21. The second-order valence-electron chi connectivity index (χ2n) is 6.78. The Kier molecular flexibility index (Phi) is 3.13. The molecule has 0 saturated carbocycles. The van der Waals surface area contributed by atoms with E-state index in [4.69, 9.17) is 0 Å². The molecule has 0 unspecified atom stereocenters. The molecule has 0 bridgehead atoms. The van der Waals surface area contributed by atoms with Gasteiger partial charge in [-0.15, -0.1) is 0 Å². The Morgan fingerprint density at radius 1 is 0.593 bits per heavy atom. The van der Waals surface area contributed by atoms with Gasteiger partial charge in [-0.1, -0.05) is 60.3 Å². The second-order valence-corrected chi connectivity index (χ2v) is 7.86. The number of aromatic nitrogens is 1. The number of fused-ring (bicyclic) bond motifs is 5. The van der Waals surface area contributed by atoms with E-state index in [9.17, 15) is 0 Å². The van der Waals surface area contributed by atoms with Crippen molar-refractivity contribution in [2.75, 3.05) is 5.32 Å². The highest BCUT2D eigenvalue weighted by atomic mass is 32.2. The van der Waals surface area contributed by atoms with Crippen LogP contribution in [0, 0.1) is 0 Å². The predicted molar refractivity (Wildman–Crippen MR) is 115 cm³/mol. The molecule has 0 amide bonds. The maximum Gasteiger partial charge on any atom is 0.0553 e. The van der Waals surface area contributed by atoms with Gasteiger partial charge < -0.3 is 9.88 Å². The molecule has 6 rings (SSSR count). The van der Waals surface area contributed by atoms with E-state index in [0.717, 1.165) is 0 Å². The number of anilines is 2. The minimum Gasteiger partial charge on any atom is -0.354 e. The first-order valence-electron chi connectivity index (χ1n) is 9.05. The quantitative estimate of drug-likeness (QED) is 0.338. The van der Waals surface area contributed by atoms with Gasteiger partial charge in [0.05, 0.1) is 22.4 Å². The number of nitrogens with one attached hydrogen (secondary N) is 1. The van der Waals surface area contributed by atoms with E-state index in [1.54, 1.807) is 0 Å². The molecule has 1 N–H and O–H groups in total. The van der Waals surface area contributed by atoms with Gasteiger partial charge in [0.1, 0.15) is 0 Å². The Hall–Kier alpha value is -3.17. The average molecular weight is 364 g/mol. The van der Waals surface area contributed by atoms with Gasteiger partial charge in [0.2, 0.25) is 0 Å². The molecule has 1 aromatic heterocycles. The van der Waals surface area contributed by atoms with Crippen LogP contribution in [0.3, 0.4) is 0 Å². The zero-order valence-corrected chi connectivity index (χ0v) is 15.3. The van der Waals surface area contributed by atoms with E-state index in [1.807, 2.05) is 11.8 Å². The zero-order chi connectivity index (χ0) is 17.8. The molecule has 128 valence electrons. The molecule has 0 spiro atoms. The van der Waals surface area contributed by atoms with Crippen LogP contribution in [0.15, 0.2) is 101 Å². The van der Waals surface area contributed by atoms with E-state index >= 15 is 0 Å². The SMILES string of the molecule is c1ccc(-n2c3ccccc3c3cc4c(cc32)Sc2ccccc2N4)cc1. The molecule has 3 heteroatoms. The third-order valence-corrected chi connectivity index (χ3v) is 6.30. The number of hydrogen-bond donors (Lipinski definition) is 1. The molecule has 0 saturated heterocycles. The smallest absolute Gasteiger partial charge is 0.0553 e. The Labute approximate surface area is 161 Å². The number of para-hydroxylation sites is 3. The summed E-state index contributed by atoms with van der Waals surface area (Å²) >= 11 is 1.84. The first kappa shape index (κ1) is 14.9. The first-order chi connectivity index (χ1) is 13.4. The molecule has 1 aliphatic rings. The van der Waals surface area contributed by atoms with Crippen LogP contribution in [-0.2, 0) is 0 Å². The molecule has 0 fully saturated rings. The Morgan fingerprint density at radius 3 is 2.30 bits per heavy atom. The van der Waals surface area contributed by atoms with Crippen molar-refractivity contribution in [1.82, 2.24) is 4.57 Å². The van der Waals surface area contributed by atoms with Crippen molar-refractivity contribution in [3.8, 4) is 5.69 Å². The predicted octanol–water partition coefficient (Wildman–Crippen LogP) is 6.99. The summed E-state index contributed by atoms with van der Waals surface area (Å²) in [4.78, 5) is 2.54. The molecule has 1 aliphatic heterocycles. The molecular weight excluding hydrogens is 348 g/mol. The van der Waals surface area contributed by atoms with Crippen LogP contribution in [0.25, 0.3) is 27.5 Å². The molecular formula is C24H16N2S. The number of hydrogen-bond acceptors (Lipinski definition) is 2. The van der Waals surface area contributed by atoms with E-state index < -0.39 is 0 Å². The second kappa shape index (κ2) is 5.66. The largest absolute Gasteiger partial charge is 0.354 e. The Balaban J connectivity index is 1.68. The standard InChI is InChI=1S/C24H16N2S/c1-2-8-16(9-3-1)26-21-12-6-4-10-17(21)18-14-20-24(15-22(18)26)27-23-13-7-5-11-19(23)25-20/h1-15,25H. The normalized spacial score (nSPS) is 12.6. The van der Waals surface area contributed by atoms with E-state index in [2.05, 4.69) is 101 Å². The average Bonchev–Trinajstić information content (AvgIpc) is 3.04. The van der Waals surface area contributed by atoms with Gasteiger partial charge in [0, 0.05) is 26.3 Å². The summed E-state index contributed by atoms with van der Waals surface area (Å²) in [5.41, 5.74) is 6.04. The van der Waals surface area contributed by atoms with Gasteiger partial charge in [0.15, 0.2) is 0 Å². The van der Waals surface area contributed by atoms with Gasteiger partial charge in [0.25, 0.3) is 0 Å². The first-order valence-corrected chi connectivity index (χ1v) is 9.87. The minimum atomic E-state index is 1.18. The van der Waals surface area contributed by atoms with Gasteiger partial charge in [-0.25, -0.2) is 0 Å². The summed E-state index contributed by atoms with van der Waals surface area (Å²) in [7, 11) is 0. The molecule has 2 heterocycles. The number of nitrogens with zero attached hydrogens (tertiary/aromatic N) is 1. The Bertz CT molecular complexity index is 1320. The van der Waals surface area contributed by atoms with Crippen LogP contribution in [0.1, 0.15) is 0 Å². The summed E-state index contributed by atoms with van der Waals surface area (Å²) < 4.78 is 2.37. The van der Waals surface area contributed by atoms with Crippen molar-refractivity contribution in [3.05, 3.63) is 91.0 Å². The van der Waals surface area contributed by atoms with Crippen LogP contribution in [0.4, 0.5) is 11.4 Å². The number of benzene rings is 4. The lowest BCUT2D eigenvalue weighted by Crippen LogP contribution is -2.00. The Morgan fingerprint density at radius 2 is 1.37 bits per heavy atom. The highest BCUT2D eigenvalue weighted by molar-refractivity contribution is 7.99. The maximum absolute atomic E-state index is 3.62. The van der Waals surface area contributed by atoms with Crippen LogP contribution in [0.5, 0.6) is 0 Å². The highest BCUT2D eigenvalue weighted by Crippen LogP contribution is 2.47. The van der Waals surface area contributed by atoms with E-state index in [1.165, 1.54) is 48.7 Å². The lowest BCUT2D eigenvalue weighted by molar-refractivity contribution is 1.17. The van der Waals surface area contributed by atoms with Crippen molar-refractivity contribution in [2.45, 2.75) is 9.79 Å². The highest BCUT2D eigenvalue weighted by Gasteiger charge is 2.19. The third-order valence-electron chi connectivity index (χ3n) is 5.16. The van der Waals surface area contributed by atoms with Crippen molar-refractivity contribution < 1.29 is 0 Å². The molecule has 0 radical (unpaired) electrons. The molecule has 4 aromatic carbocycles. The van der Waals surface area contributed by atoms with Crippen molar-refractivity contribution in [1.29, 1.82) is 0 Å². The van der Waals surface area contributed by atoms with Crippen molar-refractivity contribution >= 4 is 44.9 Å². The zero-order valence-electron chi connectivity index (χ0n) is 14.5. The van der Waals surface area contributed by atoms with Crippen molar-refractivity contribution in [2.24, 2.45) is 0 Å². The monoisotopic (exact) mass is 364 g/mol. The molecule has 27 heavy (non-hydrogen) atoms. The van der Waals surface area contributed by atoms with Crippen LogP contribution >= 0.6 is 11.8 Å². The third kappa shape index (κ3) is 2.22. The van der Waals surface area contributed by atoms with Gasteiger partial charge >= 0.3 is 0 Å². The summed E-state index contributed by atoms with van der Waals surface area (Å²) in [6, 6.07) is 32.4. The molecule has 0 aliphatic carbocycles. The fourth-order valence-corrected chi connectivity index (χ4v) is 4.96.